The Morgan fingerprint density at radius 3 is 1.61 bits per heavy atom. The third-order valence-electron chi connectivity index (χ3n) is 1.87. The first-order valence-corrected chi connectivity index (χ1v) is 7.27. The zero-order valence-corrected chi connectivity index (χ0v) is 14.3. The molecule has 0 fully saturated rings. The monoisotopic (exact) mass is 259 g/mol. The first-order chi connectivity index (χ1) is 8.13. The normalized spacial score (nSPS) is 11.9. The van der Waals surface area contributed by atoms with Crippen LogP contribution in [0.1, 0.15) is 75.2 Å². The lowest BCUT2D eigenvalue weighted by Gasteiger charge is -2.20. The van der Waals surface area contributed by atoms with Crippen LogP contribution in [0.5, 0.6) is 0 Å². The van der Waals surface area contributed by atoms with Gasteiger partial charge in [0, 0.05) is 6.04 Å². The minimum atomic E-state index is 0.500. The maximum Gasteiger partial charge on any atom is 0.116 e. The van der Waals surface area contributed by atoms with Crippen LogP contribution in [-0.4, -0.2) is 18.9 Å². The summed E-state index contributed by atoms with van der Waals surface area (Å²) in [5.41, 5.74) is 0.500. The Labute approximate surface area is 116 Å². The highest BCUT2D eigenvalue weighted by molar-refractivity contribution is 5.44. The van der Waals surface area contributed by atoms with E-state index >= 15 is 0 Å². The van der Waals surface area contributed by atoms with Gasteiger partial charge in [-0.2, -0.15) is 0 Å². The minimum absolute atomic E-state index is 0.500. The lowest BCUT2D eigenvalue weighted by atomic mass is 10.00. The molecule has 0 amide bonds. The second-order valence-electron chi connectivity index (χ2n) is 6.43. The Morgan fingerprint density at radius 2 is 1.44 bits per heavy atom. The molecule has 0 aliphatic heterocycles. The molecule has 0 aliphatic rings. The fourth-order valence-electron chi connectivity index (χ4n) is 1.24. The van der Waals surface area contributed by atoms with E-state index in [1.165, 1.54) is 19.8 Å². The van der Waals surface area contributed by atoms with E-state index in [2.05, 4.69) is 60.7 Å². The van der Waals surface area contributed by atoms with Crippen molar-refractivity contribution < 1.29 is 4.79 Å². The number of carbonyl (C=O) groups is 1. The molecule has 1 atom stereocenters. The van der Waals surface area contributed by atoms with Crippen molar-refractivity contribution in [1.82, 2.24) is 5.32 Å². The number of nitrogens with one attached hydrogen (secondary N) is 1. The largest absolute Gasteiger partial charge is 0.314 e. The molecule has 0 aliphatic carbocycles. The van der Waals surface area contributed by atoms with Gasteiger partial charge < -0.3 is 10.1 Å². The van der Waals surface area contributed by atoms with Crippen molar-refractivity contribution in [2.45, 2.75) is 81.2 Å². The van der Waals surface area contributed by atoms with Crippen LogP contribution in [0, 0.1) is 11.3 Å². The molecule has 1 unspecified atom stereocenters. The van der Waals surface area contributed by atoms with E-state index in [0.29, 0.717) is 5.41 Å². The topological polar surface area (TPSA) is 29.1 Å². The van der Waals surface area contributed by atoms with Gasteiger partial charge >= 0.3 is 0 Å². The van der Waals surface area contributed by atoms with Gasteiger partial charge in [0.1, 0.15) is 6.29 Å². The SMILES string of the molecule is CC(C)(C)C.CC=O.CCCC(NCC)C(C)C. The molecule has 0 heterocycles. The van der Waals surface area contributed by atoms with E-state index in [9.17, 15) is 0 Å². The van der Waals surface area contributed by atoms with E-state index in [1.54, 1.807) is 0 Å². The Morgan fingerprint density at radius 1 is 1.11 bits per heavy atom. The molecule has 0 spiro atoms. The van der Waals surface area contributed by atoms with Crippen molar-refractivity contribution in [3.8, 4) is 0 Å². The molecule has 18 heavy (non-hydrogen) atoms. The van der Waals surface area contributed by atoms with Crippen LogP contribution in [0.25, 0.3) is 0 Å². The zero-order valence-electron chi connectivity index (χ0n) is 14.3. The number of hydrogen-bond acceptors (Lipinski definition) is 2. The summed E-state index contributed by atoms with van der Waals surface area (Å²) in [4.78, 5) is 8.81. The van der Waals surface area contributed by atoms with Crippen LogP contribution in [-0.2, 0) is 4.79 Å². The van der Waals surface area contributed by atoms with Crippen molar-refractivity contribution in [3.05, 3.63) is 0 Å². The molecule has 0 aromatic carbocycles. The molecule has 0 bridgehead atoms. The van der Waals surface area contributed by atoms with E-state index in [-0.39, 0.29) is 0 Å². The highest BCUT2D eigenvalue weighted by Crippen LogP contribution is 2.08. The van der Waals surface area contributed by atoms with E-state index in [1.807, 2.05) is 0 Å². The molecule has 0 rings (SSSR count). The molecule has 2 heteroatoms. The predicted octanol–water partition coefficient (Wildman–Crippen LogP) is 4.68. The summed E-state index contributed by atoms with van der Waals surface area (Å²) in [6, 6.07) is 0.731. The lowest BCUT2D eigenvalue weighted by molar-refractivity contribution is -0.106. The van der Waals surface area contributed by atoms with Crippen LogP contribution >= 0.6 is 0 Å². The maximum atomic E-state index is 8.81. The van der Waals surface area contributed by atoms with Crippen molar-refractivity contribution in [3.63, 3.8) is 0 Å². The van der Waals surface area contributed by atoms with Gasteiger partial charge in [0.25, 0.3) is 0 Å². The molecule has 112 valence electrons. The van der Waals surface area contributed by atoms with Gasteiger partial charge in [-0.05, 0) is 31.2 Å². The van der Waals surface area contributed by atoms with Gasteiger partial charge in [-0.25, -0.2) is 0 Å². The fraction of sp³-hybridized carbons (Fsp3) is 0.938. The molecule has 0 aromatic rings. The Bertz CT molecular complexity index is 147. The summed E-state index contributed by atoms with van der Waals surface area (Å²) in [7, 11) is 0. The summed E-state index contributed by atoms with van der Waals surface area (Å²) in [5, 5.41) is 3.48. The quantitative estimate of drug-likeness (QED) is 0.726. The third kappa shape index (κ3) is 36.1. The van der Waals surface area contributed by atoms with Gasteiger partial charge in [0.05, 0.1) is 0 Å². The highest BCUT2D eigenvalue weighted by Gasteiger charge is 2.08. The second-order valence-corrected chi connectivity index (χ2v) is 6.43. The number of aldehydes is 1. The number of hydrogen-bond donors (Lipinski definition) is 1. The number of rotatable bonds is 5. The van der Waals surface area contributed by atoms with Gasteiger partial charge in [0.15, 0.2) is 0 Å². The summed E-state index contributed by atoms with van der Waals surface area (Å²) in [6.07, 6.45) is 3.35. The Kier molecular flexibility index (Phi) is 18.6. The van der Waals surface area contributed by atoms with Crippen molar-refractivity contribution in [2.75, 3.05) is 6.54 Å². The fourth-order valence-corrected chi connectivity index (χ4v) is 1.24. The van der Waals surface area contributed by atoms with Crippen LogP contribution in [0.3, 0.4) is 0 Å². The lowest BCUT2D eigenvalue weighted by Crippen LogP contribution is -2.33. The summed E-state index contributed by atoms with van der Waals surface area (Å²) in [5.74, 6) is 0.778. The summed E-state index contributed by atoms with van der Waals surface area (Å²) >= 11 is 0. The van der Waals surface area contributed by atoms with E-state index in [0.717, 1.165) is 24.8 Å². The third-order valence-corrected chi connectivity index (χ3v) is 1.87. The van der Waals surface area contributed by atoms with Crippen molar-refractivity contribution in [2.24, 2.45) is 11.3 Å². The van der Waals surface area contributed by atoms with E-state index in [4.69, 9.17) is 4.79 Å². The van der Waals surface area contributed by atoms with E-state index < -0.39 is 0 Å². The predicted molar refractivity (Wildman–Crippen MR) is 84.1 cm³/mol. The van der Waals surface area contributed by atoms with Crippen LogP contribution < -0.4 is 5.32 Å². The molecule has 0 saturated heterocycles. The van der Waals surface area contributed by atoms with Gasteiger partial charge in [0.2, 0.25) is 0 Å². The average molecular weight is 259 g/mol. The Hall–Kier alpha value is -0.370. The first-order valence-electron chi connectivity index (χ1n) is 7.27. The van der Waals surface area contributed by atoms with Gasteiger partial charge in [-0.1, -0.05) is 61.8 Å². The van der Waals surface area contributed by atoms with Gasteiger partial charge in [-0.3, -0.25) is 0 Å². The molecule has 0 aromatic heterocycles. The molecule has 1 N–H and O–H groups in total. The molecule has 2 nitrogen and oxygen atoms in total. The van der Waals surface area contributed by atoms with Crippen molar-refractivity contribution in [1.29, 1.82) is 0 Å². The van der Waals surface area contributed by atoms with Crippen LogP contribution in [0.2, 0.25) is 0 Å². The highest BCUT2D eigenvalue weighted by atomic mass is 16.1. The zero-order chi connectivity index (χ0) is 15.2. The second kappa shape index (κ2) is 14.7. The average Bonchev–Trinajstić information content (AvgIpc) is 2.16. The Balaban J connectivity index is -0.000000235. The minimum Gasteiger partial charge on any atom is -0.314 e. The van der Waals surface area contributed by atoms with Crippen molar-refractivity contribution >= 4 is 6.29 Å². The smallest absolute Gasteiger partial charge is 0.116 e. The summed E-state index contributed by atoms with van der Waals surface area (Å²) < 4.78 is 0. The molecular formula is C16H37NO. The van der Waals surface area contributed by atoms with Crippen LogP contribution in [0.15, 0.2) is 0 Å². The van der Waals surface area contributed by atoms with Gasteiger partial charge in [-0.15, -0.1) is 0 Å². The molecule has 0 saturated carbocycles. The molecule has 0 radical (unpaired) electrons. The number of carbonyl (C=O) groups excluding carboxylic acids is 1. The van der Waals surface area contributed by atoms with Crippen LogP contribution in [0.4, 0.5) is 0 Å². The first kappa shape index (κ1) is 22.8. The summed E-state index contributed by atoms with van der Waals surface area (Å²) in [6.45, 7) is 20.3. The standard InChI is InChI=1S/C9H21N.C5H12.C2H4O/c1-5-7-9(8(3)4)10-6-2;1-5(2,3)4;1-2-3/h8-10H,5-7H2,1-4H3;1-4H3;2H,1H3. The maximum absolute atomic E-state index is 8.81. The molecular weight excluding hydrogens is 222 g/mol.